The van der Waals surface area contributed by atoms with Crippen LogP contribution >= 0.6 is 11.8 Å². The van der Waals surface area contributed by atoms with E-state index in [1.807, 2.05) is 18.4 Å². The monoisotopic (exact) mass is 165 g/mol. The average Bonchev–Trinajstić information content (AvgIpc) is 2.46. The second-order valence-corrected chi connectivity index (χ2v) is 2.99. The third-order valence-corrected chi connectivity index (χ3v) is 2.10. The molecule has 0 aromatic carbocycles. The summed E-state index contributed by atoms with van der Waals surface area (Å²) in [7, 11) is 0. The van der Waals surface area contributed by atoms with Crippen LogP contribution in [0.25, 0.3) is 11.0 Å². The first kappa shape index (κ1) is 6.73. The number of furan rings is 1. The van der Waals surface area contributed by atoms with E-state index in [4.69, 9.17) is 4.42 Å². The van der Waals surface area contributed by atoms with Crippen molar-refractivity contribution in [2.75, 3.05) is 6.26 Å². The van der Waals surface area contributed by atoms with Crippen LogP contribution in [0, 0.1) is 0 Å². The van der Waals surface area contributed by atoms with Crippen LogP contribution in [0.5, 0.6) is 0 Å². The van der Waals surface area contributed by atoms with Crippen LogP contribution in [0.1, 0.15) is 0 Å². The van der Waals surface area contributed by atoms with Crippen LogP contribution in [-0.2, 0) is 0 Å². The lowest BCUT2D eigenvalue weighted by molar-refractivity contribution is 0.515. The number of thioether (sulfide) groups is 1. The van der Waals surface area contributed by atoms with Gasteiger partial charge >= 0.3 is 0 Å². The Hall–Kier alpha value is -0.960. The molecule has 2 heterocycles. The van der Waals surface area contributed by atoms with Gasteiger partial charge in [-0.3, -0.25) is 4.98 Å². The fourth-order valence-electron chi connectivity index (χ4n) is 0.961. The molecule has 0 saturated carbocycles. The second kappa shape index (κ2) is 2.58. The van der Waals surface area contributed by atoms with Gasteiger partial charge in [0.1, 0.15) is 5.58 Å². The van der Waals surface area contributed by atoms with E-state index in [1.165, 1.54) is 0 Å². The van der Waals surface area contributed by atoms with Crippen molar-refractivity contribution in [2.24, 2.45) is 0 Å². The number of nitrogens with zero attached hydrogens (tertiary/aromatic N) is 1. The standard InChI is InChI=1S/C8H7NOS/c1-11-8-4-6-5-9-3-2-7(6)10-8/h2-5H,1H3. The topological polar surface area (TPSA) is 26.0 Å². The van der Waals surface area contributed by atoms with Crippen molar-refractivity contribution in [3.05, 3.63) is 24.5 Å². The van der Waals surface area contributed by atoms with Gasteiger partial charge in [0.25, 0.3) is 0 Å². The highest BCUT2D eigenvalue weighted by Gasteiger charge is 1.99. The van der Waals surface area contributed by atoms with E-state index < -0.39 is 0 Å². The molecule has 2 aromatic rings. The molecule has 11 heavy (non-hydrogen) atoms. The molecule has 0 fully saturated rings. The molecular weight excluding hydrogens is 158 g/mol. The largest absolute Gasteiger partial charge is 0.450 e. The molecule has 0 amide bonds. The first-order valence-corrected chi connectivity index (χ1v) is 4.50. The van der Waals surface area contributed by atoms with Crippen molar-refractivity contribution < 1.29 is 4.42 Å². The molecule has 56 valence electrons. The lowest BCUT2D eigenvalue weighted by atomic mass is 10.3. The van der Waals surface area contributed by atoms with E-state index in [0.29, 0.717) is 0 Å². The van der Waals surface area contributed by atoms with Gasteiger partial charge in [-0.15, -0.1) is 0 Å². The third-order valence-electron chi connectivity index (χ3n) is 1.50. The van der Waals surface area contributed by atoms with Crippen LogP contribution < -0.4 is 0 Å². The summed E-state index contributed by atoms with van der Waals surface area (Å²) in [6, 6.07) is 3.86. The zero-order valence-corrected chi connectivity index (χ0v) is 6.89. The summed E-state index contributed by atoms with van der Waals surface area (Å²) >= 11 is 1.60. The van der Waals surface area contributed by atoms with Crippen LogP contribution in [0.3, 0.4) is 0 Å². The van der Waals surface area contributed by atoms with Gasteiger partial charge in [-0.05, 0) is 12.3 Å². The highest BCUT2D eigenvalue weighted by Crippen LogP contribution is 2.23. The van der Waals surface area contributed by atoms with Gasteiger partial charge in [0.05, 0.1) is 0 Å². The van der Waals surface area contributed by atoms with E-state index in [0.717, 1.165) is 16.1 Å². The van der Waals surface area contributed by atoms with Gasteiger partial charge in [-0.25, -0.2) is 0 Å². The van der Waals surface area contributed by atoms with E-state index in [-0.39, 0.29) is 0 Å². The third kappa shape index (κ3) is 1.12. The van der Waals surface area contributed by atoms with Crippen LogP contribution in [0.4, 0.5) is 0 Å². The maximum atomic E-state index is 5.44. The minimum absolute atomic E-state index is 0.907. The lowest BCUT2D eigenvalue weighted by Crippen LogP contribution is -1.65. The molecule has 0 radical (unpaired) electrons. The quantitative estimate of drug-likeness (QED) is 0.607. The Morgan fingerprint density at radius 2 is 2.45 bits per heavy atom. The summed E-state index contributed by atoms with van der Waals surface area (Å²) in [4.78, 5) is 3.99. The normalized spacial score (nSPS) is 10.6. The average molecular weight is 165 g/mol. The van der Waals surface area contributed by atoms with E-state index in [1.54, 1.807) is 24.2 Å². The maximum absolute atomic E-state index is 5.44. The molecule has 3 heteroatoms. The Morgan fingerprint density at radius 1 is 1.55 bits per heavy atom. The smallest absolute Gasteiger partial charge is 0.161 e. The number of pyridine rings is 1. The lowest BCUT2D eigenvalue weighted by Gasteiger charge is -1.83. The maximum Gasteiger partial charge on any atom is 0.161 e. The zero-order chi connectivity index (χ0) is 7.68. The minimum Gasteiger partial charge on any atom is -0.450 e. The molecule has 2 nitrogen and oxygen atoms in total. The highest BCUT2D eigenvalue weighted by molar-refractivity contribution is 7.98. The number of hydrogen-bond acceptors (Lipinski definition) is 3. The van der Waals surface area contributed by atoms with Crippen molar-refractivity contribution in [3.63, 3.8) is 0 Å². The summed E-state index contributed by atoms with van der Waals surface area (Å²) in [5.74, 6) is 0. The minimum atomic E-state index is 0.907. The van der Waals surface area contributed by atoms with Crippen LogP contribution in [-0.4, -0.2) is 11.2 Å². The van der Waals surface area contributed by atoms with Crippen molar-refractivity contribution in [1.29, 1.82) is 0 Å². The Kier molecular flexibility index (Phi) is 1.58. The molecule has 0 aliphatic heterocycles. The van der Waals surface area contributed by atoms with Gasteiger partial charge in [0.2, 0.25) is 0 Å². The van der Waals surface area contributed by atoms with Gasteiger partial charge in [0, 0.05) is 23.8 Å². The number of hydrogen-bond donors (Lipinski definition) is 0. The fourth-order valence-corrected chi connectivity index (χ4v) is 1.38. The molecule has 0 atom stereocenters. The summed E-state index contributed by atoms with van der Waals surface area (Å²) in [5.41, 5.74) is 0.907. The molecule has 0 N–H and O–H groups in total. The Balaban J connectivity index is 2.69. The molecule has 0 spiro atoms. The first-order chi connectivity index (χ1) is 5.40. The summed E-state index contributed by atoms with van der Waals surface area (Å²) < 4.78 is 5.44. The van der Waals surface area contributed by atoms with E-state index >= 15 is 0 Å². The molecular formula is C8H7NOS. The molecule has 0 aliphatic rings. The zero-order valence-electron chi connectivity index (χ0n) is 6.07. The Bertz CT molecular complexity index is 336. The second-order valence-electron chi connectivity index (χ2n) is 2.18. The summed E-state index contributed by atoms with van der Waals surface area (Å²) in [6.45, 7) is 0. The molecule has 2 aromatic heterocycles. The van der Waals surface area contributed by atoms with Crippen molar-refractivity contribution in [1.82, 2.24) is 4.98 Å². The number of rotatable bonds is 1. The number of aromatic nitrogens is 1. The fraction of sp³-hybridized carbons (Fsp3) is 0.125. The van der Waals surface area contributed by atoms with Crippen molar-refractivity contribution >= 4 is 22.7 Å². The Morgan fingerprint density at radius 3 is 3.18 bits per heavy atom. The molecule has 0 saturated heterocycles. The summed E-state index contributed by atoms with van der Waals surface area (Å²) in [6.07, 6.45) is 5.53. The molecule has 0 aliphatic carbocycles. The van der Waals surface area contributed by atoms with E-state index in [2.05, 4.69) is 4.98 Å². The molecule has 0 unspecified atom stereocenters. The van der Waals surface area contributed by atoms with Gasteiger partial charge in [0.15, 0.2) is 5.09 Å². The predicted octanol–water partition coefficient (Wildman–Crippen LogP) is 2.55. The van der Waals surface area contributed by atoms with Gasteiger partial charge in [-0.2, -0.15) is 0 Å². The predicted molar refractivity (Wildman–Crippen MR) is 45.8 cm³/mol. The van der Waals surface area contributed by atoms with Crippen LogP contribution in [0.2, 0.25) is 0 Å². The summed E-state index contributed by atoms with van der Waals surface area (Å²) in [5, 5.41) is 2.00. The van der Waals surface area contributed by atoms with Crippen molar-refractivity contribution in [3.8, 4) is 0 Å². The number of fused-ring (bicyclic) bond motifs is 1. The Labute approximate surface area is 68.6 Å². The SMILES string of the molecule is CSc1cc2cnccc2o1. The molecule has 0 bridgehead atoms. The molecule has 2 rings (SSSR count). The first-order valence-electron chi connectivity index (χ1n) is 3.28. The van der Waals surface area contributed by atoms with Crippen LogP contribution in [0.15, 0.2) is 34.0 Å². The van der Waals surface area contributed by atoms with Crippen molar-refractivity contribution in [2.45, 2.75) is 5.09 Å². The van der Waals surface area contributed by atoms with Gasteiger partial charge in [-0.1, -0.05) is 11.8 Å². The van der Waals surface area contributed by atoms with Gasteiger partial charge < -0.3 is 4.42 Å². The van der Waals surface area contributed by atoms with E-state index in [9.17, 15) is 0 Å². The highest BCUT2D eigenvalue weighted by atomic mass is 32.2.